The molecule has 5 nitrogen and oxygen atoms in total. The highest BCUT2D eigenvalue weighted by Crippen LogP contribution is 2.27. The monoisotopic (exact) mass is 264 g/mol. The van der Waals surface area contributed by atoms with E-state index in [1.165, 1.54) is 18.2 Å². The number of benzene rings is 1. The van der Waals surface area contributed by atoms with Crippen LogP contribution in [0.3, 0.4) is 0 Å². The van der Waals surface area contributed by atoms with Crippen LogP contribution in [0.5, 0.6) is 11.5 Å². The first-order valence-corrected chi connectivity index (χ1v) is 6.38. The number of likely N-dealkylation sites (tertiary alicyclic amines) is 1. The van der Waals surface area contributed by atoms with Gasteiger partial charge in [0.15, 0.2) is 0 Å². The third-order valence-corrected chi connectivity index (χ3v) is 3.73. The zero-order valence-corrected chi connectivity index (χ0v) is 11.5. The van der Waals surface area contributed by atoms with Crippen molar-refractivity contribution in [3.8, 4) is 11.5 Å². The average Bonchev–Trinajstić information content (AvgIpc) is 2.70. The molecule has 2 unspecified atom stereocenters. The van der Waals surface area contributed by atoms with Crippen LogP contribution in [0, 0.1) is 5.92 Å². The van der Waals surface area contributed by atoms with E-state index in [1.54, 1.807) is 4.90 Å². The lowest BCUT2D eigenvalue weighted by Crippen LogP contribution is -2.35. The van der Waals surface area contributed by atoms with Crippen molar-refractivity contribution in [1.29, 1.82) is 0 Å². The largest absolute Gasteiger partial charge is 0.508 e. The summed E-state index contributed by atoms with van der Waals surface area (Å²) in [5.41, 5.74) is 0.240. The molecule has 1 amide bonds. The quantitative estimate of drug-likeness (QED) is 0.840. The molecular formula is C14H20N2O3. The standard InChI is InChI=1S/C14H20N2O3/c1-9-7-16(8-12(9)15(2)3)14(19)11-5-4-10(17)6-13(11)18/h4-6,9,12,17-18H,7-8H2,1-3H3. The molecule has 1 aliphatic rings. The molecule has 0 radical (unpaired) electrons. The summed E-state index contributed by atoms with van der Waals surface area (Å²) in [6, 6.07) is 4.40. The lowest BCUT2D eigenvalue weighted by atomic mass is 10.1. The van der Waals surface area contributed by atoms with Crippen molar-refractivity contribution in [3.05, 3.63) is 23.8 Å². The number of likely N-dealkylation sites (N-methyl/N-ethyl adjacent to an activating group) is 1. The van der Waals surface area contributed by atoms with Crippen LogP contribution in [0.2, 0.25) is 0 Å². The Bertz CT molecular complexity index is 488. The third kappa shape index (κ3) is 2.66. The minimum Gasteiger partial charge on any atom is -0.508 e. The molecule has 1 saturated heterocycles. The zero-order valence-electron chi connectivity index (χ0n) is 11.5. The summed E-state index contributed by atoms with van der Waals surface area (Å²) < 4.78 is 0. The SMILES string of the molecule is CC1CN(C(=O)c2ccc(O)cc2O)CC1N(C)C. The van der Waals surface area contributed by atoms with Gasteiger partial charge in [0.1, 0.15) is 11.5 Å². The lowest BCUT2D eigenvalue weighted by molar-refractivity contribution is 0.0778. The maximum absolute atomic E-state index is 12.4. The van der Waals surface area contributed by atoms with Gasteiger partial charge in [0.05, 0.1) is 5.56 Å². The predicted octanol–water partition coefficient (Wildman–Crippen LogP) is 1.12. The summed E-state index contributed by atoms with van der Waals surface area (Å²) in [6.07, 6.45) is 0. The third-order valence-electron chi connectivity index (χ3n) is 3.73. The zero-order chi connectivity index (χ0) is 14.2. The Labute approximate surface area is 113 Å². The minimum atomic E-state index is -0.186. The topological polar surface area (TPSA) is 64.0 Å². The highest BCUT2D eigenvalue weighted by atomic mass is 16.3. The van der Waals surface area contributed by atoms with E-state index in [4.69, 9.17) is 0 Å². The first kappa shape index (κ1) is 13.7. The minimum absolute atomic E-state index is 0.0463. The summed E-state index contributed by atoms with van der Waals surface area (Å²) in [7, 11) is 4.01. The van der Waals surface area contributed by atoms with E-state index in [0.717, 1.165) is 0 Å². The molecule has 2 atom stereocenters. The van der Waals surface area contributed by atoms with E-state index >= 15 is 0 Å². The van der Waals surface area contributed by atoms with Gasteiger partial charge in [0, 0.05) is 25.2 Å². The van der Waals surface area contributed by atoms with Crippen molar-refractivity contribution in [2.24, 2.45) is 5.92 Å². The predicted molar refractivity (Wildman–Crippen MR) is 72.3 cm³/mol. The Morgan fingerprint density at radius 2 is 2.00 bits per heavy atom. The lowest BCUT2D eigenvalue weighted by Gasteiger charge is -2.22. The second kappa shape index (κ2) is 5.09. The Hall–Kier alpha value is -1.75. The first-order valence-electron chi connectivity index (χ1n) is 6.38. The van der Waals surface area contributed by atoms with Crippen LogP contribution >= 0.6 is 0 Å². The first-order chi connectivity index (χ1) is 8.90. The maximum atomic E-state index is 12.4. The summed E-state index contributed by atoms with van der Waals surface area (Å²) in [5.74, 6) is -0.00660. The summed E-state index contributed by atoms with van der Waals surface area (Å²) in [5, 5.41) is 19.0. The van der Waals surface area contributed by atoms with Crippen LogP contribution in [0.25, 0.3) is 0 Å². The van der Waals surface area contributed by atoms with Gasteiger partial charge in [-0.25, -0.2) is 0 Å². The number of phenolic OH excluding ortho intramolecular Hbond substituents is 2. The van der Waals surface area contributed by atoms with Crippen molar-refractivity contribution in [2.45, 2.75) is 13.0 Å². The van der Waals surface area contributed by atoms with Gasteiger partial charge in [-0.15, -0.1) is 0 Å². The van der Waals surface area contributed by atoms with Gasteiger partial charge in [-0.3, -0.25) is 4.79 Å². The number of phenols is 2. The van der Waals surface area contributed by atoms with Gasteiger partial charge in [0.2, 0.25) is 0 Å². The van der Waals surface area contributed by atoms with Crippen molar-refractivity contribution in [3.63, 3.8) is 0 Å². The number of rotatable bonds is 2. The van der Waals surface area contributed by atoms with E-state index in [9.17, 15) is 15.0 Å². The van der Waals surface area contributed by atoms with E-state index < -0.39 is 0 Å². The van der Waals surface area contributed by atoms with Gasteiger partial charge in [-0.05, 0) is 32.1 Å². The van der Waals surface area contributed by atoms with Crippen LogP contribution in [0.4, 0.5) is 0 Å². The Balaban J connectivity index is 2.17. The van der Waals surface area contributed by atoms with Crippen LogP contribution in [0.15, 0.2) is 18.2 Å². The molecule has 0 spiro atoms. The fourth-order valence-electron chi connectivity index (χ4n) is 2.66. The van der Waals surface area contributed by atoms with Crippen molar-refractivity contribution in [2.75, 3.05) is 27.2 Å². The smallest absolute Gasteiger partial charge is 0.257 e. The fraction of sp³-hybridized carbons (Fsp3) is 0.500. The number of carbonyl (C=O) groups is 1. The van der Waals surface area contributed by atoms with E-state index in [1.807, 2.05) is 14.1 Å². The molecule has 0 aromatic heterocycles. The molecule has 104 valence electrons. The van der Waals surface area contributed by atoms with E-state index in [2.05, 4.69) is 11.8 Å². The molecule has 1 aliphatic heterocycles. The molecule has 0 saturated carbocycles. The number of hydrogen-bond acceptors (Lipinski definition) is 4. The molecule has 1 aromatic rings. The van der Waals surface area contributed by atoms with Crippen molar-refractivity contribution in [1.82, 2.24) is 9.80 Å². The molecule has 0 bridgehead atoms. The Morgan fingerprint density at radius 1 is 1.32 bits per heavy atom. The van der Waals surface area contributed by atoms with Crippen molar-refractivity contribution >= 4 is 5.91 Å². The number of aromatic hydroxyl groups is 2. The maximum Gasteiger partial charge on any atom is 0.257 e. The van der Waals surface area contributed by atoms with E-state index in [0.29, 0.717) is 25.0 Å². The van der Waals surface area contributed by atoms with E-state index in [-0.39, 0.29) is 23.0 Å². The molecule has 2 N–H and O–H groups in total. The highest BCUT2D eigenvalue weighted by molar-refractivity contribution is 5.97. The van der Waals surface area contributed by atoms with Crippen LogP contribution in [-0.2, 0) is 0 Å². The molecule has 1 aromatic carbocycles. The second-order valence-corrected chi connectivity index (χ2v) is 5.42. The average molecular weight is 264 g/mol. The van der Waals surface area contributed by atoms with Gasteiger partial charge in [0.25, 0.3) is 5.91 Å². The van der Waals surface area contributed by atoms with Gasteiger partial charge in [-0.2, -0.15) is 0 Å². The number of hydrogen-bond donors (Lipinski definition) is 2. The highest BCUT2D eigenvalue weighted by Gasteiger charge is 2.34. The fourth-order valence-corrected chi connectivity index (χ4v) is 2.66. The van der Waals surface area contributed by atoms with Crippen molar-refractivity contribution < 1.29 is 15.0 Å². The summed E-state index contributed by atoms with van der Waals surface area (Å²) in [6.45, 7) is 3.46. The van der Waals surface area contributed by atoms with Crippen LogP contribution < -0.4 is 0 Å². The Kier molecular flexibility index (Phi) is 3.66. The second-order valence-electron chi connectivity index (χ2n) is 5.42. The van der Waals surface area contributed by atoms with Gasteiger partial charge in [-0.1, -0.05) is 6.92 Å². The molecule has 5 heteroatoms. The summed E-state index contributed by atoms with van der Waals surface area (Å²) >= 11 is 0. The molecule has 2 rings (SSSR count). The number of nitrogens with zero attached hydrogens (tertiary/aromatic N) is 2. The van der Waals surface area contributed by atoms with Gasteiger partial charge < -0.3 is 20.0 Å². The normalized spacial score (nSPS) is 23.1. The molecule has 19 heavy (non-hydrogen) atoms. The Morgan fingerprint density at radius 3 is 2.53 bits per heavy atom. The molecule has 0 aliphatic carbocycles. The number of amides is 1. The summed E-state index contributed by atoms with van der Waals surface area (Å²) in [4.78, 5) is 16.2. The molecule has 1 heterocycles. The molecular weight excluding hydrogens is 244 g/mol. The van der Waals surface area contributed by atoms with Crippen LogP contribution in [0.1, 0.15) is 17.3 Å². The van der Waals surface area contributed by atoms with Gasteiger partial charge >= 0.3 is 0 Å². The number of carbonyl (C=O) groups excluding carboxylic acids is 1. The molecule has 1 fully saturated rings. The van der Waals surface area contributed by atoms with Crippen LogP contribution in [-0.4, -0.2) is 59.1 Å².